The summed E-state index contributed by atoms with van der Waals surface area (Å²) in [5, 5.41) is 9.01. The average molecular weight is 209 g/mol. The van der Waals surface area contributed by atoms with E-state index in [9.17, 15) is 0 Å². The molecule has 0 amide bonds. The van der Waals surface area contributed by atoms with Gasteiger partial charge >= 0.3 is 0 Å². The summed E-state index contributed by atoms with van der Waals surface area (Å²) < 4.78 is 5.36. The molecule has 82 valence electrons. The molecule has 0 spiro atoms. The first kappa shape index (κ1) is 10.2. The summed E-state index contributed by atoms with van der Waals surface area (Å²) in [4.78, 5) is 6.32. The summed E-state index contributed by atoms with van der Waals surface area (Å²) in [6.45, 7) is 2.14. The molecule has 1 aromatic heterocycles. The lowest BCUT2D eigenvalue weighted by Crippen LogP contribution is -2.44. The van der Waals surface area contributed by atoms with Crippen molar-refractivity contribution in [3.05, 3.63) is 18.3 Å². The Morgan fingerprint density at radius 3 is 3.13 bits per heavy atom. The van der Waals surface area contributed by atoms with Crippen LogP contribution in [0.5, 0.6) is 0 Å². The molecule has 1 aliphatic rings. The van der Waals surface area contributed by atoms with Crippen LogP contribution in [0.3, 0.4) is 0 Å². The molecule has 0 bridgehead atoms. The quantitative estimate of drug-likeness (QED) is 0.709. The minimum Gasteiger partial charge on any atom is -0.397 e. The van der Waals surface area contributed by atoms with Crippen molar-refractivity contribution in [2.75, 3.05) is 36.9 Å². The molecule has 1 fully saturated rings. The number of rotatable bonds is 2. The van der Waals surface area contributed by atoms with Crippen molar-refractivity contribution in [2.45, 2.75) is 6.10 Å². The van der Waals surface area contributed by atoms with Gasteiger partial charge in [0.1, 0.15) is 5.82 Å². The van der Waals surface area contributed by atoms with Gasteiger partial charge in [0.2, 0.25) is 0 Å². The predicted molar refractivity (Wildman–Crippen MR) is 57.7 cm³/mol. The van der Waals surface area contributed by atoms with Crippen LogP contribution in [0.2, 0.25) is 0 Å². The summed E-state index contributed by atoms with van der Waals surface area (Å²) in [7, 11) is 0. The maximum absolute atomic E-state index is 9.01. The fourth-order valence-corrected chi connectivity index (χ4v) is 1.62. The Morgan fingerprint density at radius 1 is 1.60 bits per heavy atom. The van der Waals surface area contributed by atoms with E-state index in [0.717, 1.165) is 12.4 Å². The molecule has 0 radical (unpaired) electrons. The number of hydrogen-bond acceptors (Lipinski definition) is 5. The lowest BCUT2D eigenvalue weighted by atomic mass is 10.2. The van der Waals surface area contributed by atoms with E-state index >= 15 is 0 Å². The van der Waals surface area contributed by atoms with Crippen molar-refractivity contribution in [3.63, 3.8) is 0 Å². The van der Waals surface area contributed by atoms with E-state index in [1.54, 1.807) is 6.20 Å². The molecule has 0 saturated carbocycles. The van der Waals surface area contributed by atoms with Crippen LogP contribution in [-0.4, -0.2) is 42.5 Å². The number of morpholine rings is 1. The normalized spacial score (nSPS) is 21.7. The van der Waals surface area contributed by atoms with Gasteiger partial charge in [0.25, 0.3) is 0 Å². The van der Waals surface area contributed by atoms with E-state index in [1.165, 1.54) is 0 Å². The zero-order chi connectivity index (χ0) is 10.7. The predicted octanol–water partition coefficient (Wildman–Crippen LogP) is -0.139. The largest absolute Gasteiger partial charge is 0.397 e. The molecule has 0 unspecified atom stereocenters. The number of anilines is 2. The van der Waals surface area contributed by atoms with E-state index in [4.69, 9.17) is 15.6 Å². The van der Waals surface area contributed by atoms with Gasteiger partial charge in [-0.15, -0.1) is 0 Å². The standard InChI is InChI=1S/C10H15N3O2/c11-8-1-2-10(12-5-8)13-3-4-15-9(6-13)7-14/h1-2,5,9,14H,3-4,6-7,11H2/t9-/m1/s1. The summed E-state index contributed by atoms with van der Waals surface area (Å²) in [6.07, 6.45) is 1.52. The molecule has 2 rings (SSSR count). The Morgan fingerprint density at radius 2 is 2.47 bits per heavy atom. The third-order valence-corrected chi connectivity index (χ3v) is 2.44. The van der Waals surface area contributed by atoms with Crippen LogP contribution in [0.15, 0.2) is 18.3 Å². The van der Waals surface area contributed by atoms with Crippen LogP contribution in [-0.2, 0) is 4.74 Å². The van der Waals surface area contributed by atoms with Gasteiger partial charge in [-0.05, 0) is 12.1 Å². The highest BCUT2D eigenvalue weighted by molar-refractivity contribution is 5.46. The number of aromatic nitrogens is 1. The van der Waals surface area contributed by atoms with Crippen LogP contribution in [0.1, 0.15) is 0 Å². The highest BCUT2D eigenvalue weighted by atomic mass is 16.5. The molecule has 0 aliphatic carbocycles. The Balaban J connectivity index is 2.06. The van der Waals surface area contributed by atoms with E-state index in [1.807, 2.05) is 12.1 Å². The van der Waals surface area contributed by atoms with Crippen LogP contribution < -0.4 is 10.6 Å². The van der Waals surface area contributed by atoms with Crippen molar-refractivity contribution in [1.29, 1.82) is 0 Å². The molecule has 1 atom stereocenters. The number of aliphatic hydroxyl groups excluding tert-OH is 1. The summed E-state index contributed by atoms with van der Waals surface area (Å²) in [5.74, 6) is 0.881. The lowest BCUT2D eigenvalue weighted by Gasteiger charge is -2.32. The van der Waals surface area contributed by atoms with Crippen LogP contribution in [0.4, 0.5) is 11.5 Å². The molecule has 5 nitrogen and oxygen atoms in total. The van der Waals surface area contributed by atoms with Crippen molar-refractivity contribution in [3.8, 4) is 0 Å². The zero-order valence-corrected chi connectivity index (χ0v) is 8.47. The monoisotopic (exact) mass is 209 g/mol. The van der Waals surface area contributed by atoms with Gasteiger partial charge in [-0.1, -0.05) is 0 Å². The summed E-state index contributed by atoms with van der Waals surface area (Å²) in [5.41, 5.74) is 6.22. The van der Waals surface area contributed by atoms with Crippen molar-refractivity contribution < 1.29 is 9.84 Å². The highest BCUT2D eigenvalue weighted by Gasteiger charge is 2.20. The number of hydrogen-bond donors (Lipinski definition) is 2. The minimum atomic E-state index is -0.113. The van der Waals surface area contributed by atoms with Crippen LogP contribution >= 0.6 is 0 Å². The van der Waals surface area contributed by atoms with Gasteiger partial charge in [0.15, 0.2) is 0 Å². The van der Waals surface area contributed by atoms with Crippen molar-refractivity contribution in [2.24, 2.45) is 0 Å². The van der Waals surface area contributed by atoms with Crippen molar-refractivity contribution in [1.82, 2.24) is 4.98 Å². The minimum absolute atomic E-state index is 0.0471. The van der Waals surface area contributed by atoms with Gasteiger partial charge < -0.3 is 20.5 Å². The number of nitrogens with two attached hydrogens (primary N) is 1. The molecule has 3 N–H and O–H groups in total. The fraction of sp³-hybridized carbons (Fsp3) is 0.500. The smallest absolute Gasteiger partial charge is 0.128 e. The first-order chi connectivity index (χ1) is 7.29. The summed E-state index contributed by atoms with van der Waals surface area (Å²) in [6, 6.07) is 3.71. The Kier molecular flexibility index (Phi) is 3.03. The van der Waals surface area contributed by atoms with E-state index < -0.39 is 0 Å². The molecule has 1 saturated heterocycles. The fourth-order valence-electron chi connectivity index (χ4n) is 1.62. The van der Waals surface area contributed by atoms with Crippen molar-refractivity contribution >= 4 is 11.5 Å². The van der Waals surface area contributed by atoms with Crippen LogP contribution in [0, 0.1) is 0 Å². The SMILES string of the molecule is Nc1ccc(N2CCO[C@@H](CO)C2)nc1. The highest BCUT2D eigenvalue weighted by Crippen LogP contribution is 2.15. The summed E-state index contributed by atoms with van der Waals surface area (Å²) >= 11 is 0. The third kappa shape index (κ3) is 2.37. The lowest BCUT2D eigenvalue weighted by molar-refractivity contribution is 0.00336. The maximum Gasteiger partial charge on any atom is 0.128 e. The second-order valence-electron chi connectivity index (χ2n) is 3.57. The number of nitrogens with zero attached hydrogens (tertiary/aromatic N) is 2. The molecular weight excluding hydrogens is 194 g/mol. The van der Waals surface area contributed by atoms with E-state index in [2.05, 4.69) is 9.88 Å². The molecule has 0 aromatic carbocycles. The van der Waals surface area contributed by atoms with Gasteiger partial charge in [-0.2, -0.15) is 0 Å². The van der Waals surface area contributed by atoms with Gasteiger partial charge in [-0.3, -0.25) is 0 Å². The van der Waals surface area contributed by atoms with Crippen LogP contribution in [0.25, 0.3) is 0 Å². The number of pyridine rings is 1. The molecule has 15 heavy (non-hydrogen) atoms. The zero-order valence-electron chi connectivity index (χ0n) is 8.47. The van der Waals surface area contributed by atoms with E-state index in [0.29, 0.717) is 18.8 Å². The molecule has 1 aliphatic heterocycles. The third-order valence-electron chi connectivity index (χ3n) is 2.44. The second-order valence-corrected chi connectivity index (χ2v) is 3.57. The number of ether oxygens (including phenoxy) is 1. The topological polar surface area (TPSA) is 71.6 Å². The Hall–Kier alpha value is -1.33. The van der Waals surface area contributed by atoms with Gasteiger partial charge in [0.05, 0.1) is 31.2 Å². The van der Waals surface area contributed by atoms with Gasteiger partial charge in [-0.25, -0.2) is 4.98 Å². The number of nitrogen functional groups attached to an aromatic ring is 1. The Bertz CT molecular complexity index is 315. The molecule has 5 heteroatoms. The van der Waals surface area contributed by atoms with Gasteiger partial charge in [0, 0.05) is 13.1 Å². The number of aliphatic hydroxyl groups is 1. The molecular formula is C10H15N3O2. The first-order valence-electron chi connectivity index (χ1n) is 4.98. The maximum atomic E-state index is 9.01. The van der Waals surface area contributed by atoms with E-state index in [-0.39, 0.29) is 12.7 Å². The second kappa shape index (κ2) is 4.46. The molecule has 1 aromatic rings. The Labute approximate surface area is 88.5 Å². The average Bonchev–Trinajstić information content (AvgIpc) is 2.30. The first-order valence-corrected chi connectivity index (χ1v) is 4.98. The molecule has 2 heterocycles.